The molecule has 0 atom stereocenters. The molecule has 9 heteroatoms. The summed E-state index contributed by atoms with van der Waals surface area (Å²) in [7, 11) is 0. The van der Waals surface area contributed by atoms with Crippen LogP contribution in [0.4, 0.5) is 4.79 Å². The first kappa shape index (κ1) is 23.2. The van der Waals surface area contributed by atoms with Crippen LogP contribution in [0.2, 0.25) is 5.02 Å². The summed E-state index contributed by atoms with van der Waals surface area (Å²) in [6.45, 7) is 9.07. The number of carbonyl (C=O) groups is 2. The van der Waals surface area contributed by atoms with Gasteiger partial charge in [0, 0.05) is 18.1 Å². The first-order valence-electron chi connectivity index (χ1n) is 9.58. The van der Waals surface area contributed by atoms with Crippen LogP contribution >= 0.6 is 23.4 Å². The van der Waals surface area contributed by atoms with Crippen LogP contribution in [0.1, 0.15) is 34.1 Å². The minimum Gasteiger partial charge on any atom is -0.338 e. The number of benzene rings is 1. The van der Waals surface area contributed by atoms with Crippen LogP contribution in [-0.4, -0.2) is 33.8 Å². The van der Waals surface area contributed by atoms with Gasteiger partial charge in [0.2, 0.25) is 5.91 Å². The van der Waals surface area contributed by atoms with E-state index in [4.69, 9.17) is 11.6 Å². The van der Waals surface area contributed by atoms with E-state index in [-0.39, 0.29) is 17.2 Å². The van der Waals surface area contributed by atoms with Gasteiger partial charge < -0.3 is 5.32 Å². The van der Waals surface area contributed by atoms with Crippen molar-refractivity contribution < 1.29 is 9.59 Å². The normalized spacial score (nSPS) is 11.3. The molecule has 1 aromatic carbocycles. The van der Waals surface area contributed by atoms with Crippen LogP contribution in [0.15, 0.2) is 28.2 Å². The molecular formula is C20H27ClN4O3S. The molecule has 0 radical (unpaired) electrons. The third-order valence-electron chi connectivity index (χ3n) is 4.07. The standard InChI is InChI=1S/C20H27ClN4O3S/c1-12(2)7-8-25-18(27)15-6-5-14(21)9-16(15)23-20(25)29-11-17(26)24-19(28)22-10-13(3)4/h5-6,9,12-13H,7-8,10-11H2,1-4H3,(H2,22,24,26,28). The quantitative estimate of drug-likeness (QED) is 0.484. The monoisotopic (exact) mass is 438 g/mol. The number of rotatable bonds is 8. The summed E-state index contributed by atoms with van der Waals surface area (Å²) < 4.78 is 1.59. The van der Waals surface area contributed by atoms with E-state index in [1.807, 2.05) is 13.8 Å². The number of nitrogens with one attached hydrogen (secondary N) is 2. The number of halogens is 1. The Bertz CT molecular complexity index is 943. The maximum Gasteiger partial charge on any atom is 0.321 e. The summed E-state index contributed by atoms with van der Waals surface area (Å²) in [4.78, 5) is 41.4. The summed E-state index contributed by atoms with van der Waals surface area (Å²) in [5, 5.41) is 6.32. The van der Waals surface area contributed by atoms with Crippen molar-refractivity contribution in [3.8, 4) is 0 Å². The Balaban J connectivity index is 2.19. The van der Waals surface area contributed by atoms with Crippen molar-refractivity contribution in [3.63, 3.8) is 0 Å². The third-order valence-corrected chi connectivity index (χ3v) is 5.28. The fourth-order valence-corrected chi connectivity index (χ4v) is 3.49. The van der Waals surface area contributed by atoms with Gasteiger partial charge in [-0.1, -0.05) is 51.1 Å². The third kappa shape index (κ3) is 7.04. The molecule has 0 saturated carbocycles. The molecule has 0 saturated heterocycles. The molecule has 0 aliphatic heterocycles. The average Bonchev–Trinajstić information content (AvgIpc) is 2.63. The maximum atomic E-state index is 12.9. The van der Waals surface area contributed by atoms with Crippen LogP contribution in [0.25, 0.3) is 10.9 Å². The molecule has 0 unspecified atom stereocenters. The van der Waals surface area contributed by atoms with E-state index in [1.165, 1.54) is 0 Å². The zero-order chi connectivity index (χ0) is 21.6. The zero-order valence-electron chi connectivity index (χ0n) is 17.1. The highest BCUT2D eigenvalue weighted by Gasteiger charge is 2.15. The molecule has 0 fully saturated rings. The molecule has 0 spiro atoms. The Labute approximate surface area is 179 Å². The van der Waals surface area contributed by atoms with Crippen LogP contribution in [0.3, 0.4) is 0 Å². The molecule has 0 bridgehead atoms. The van der Waals surface area contributed by atoms with Crippen molar-refractivity contribution in [3.05, 3.63) is 33.6 Å². The lowest BCUT2D eigenvalue weighted by Gasteiger charge is -2.14. The van der Waals surface area contributed by atoms with E-state index in [2.05, 4.69) is 29.5 Å². The summed E-state index contributed by atoms with van der Waals surface area (Å²) >= 11 is 7.16. The number of aromatic nitrogens is 2. The van der Waals surface area contributed by atoms with Gasteiger partial charge in [-0.3, -0.25) is 19.5 Å². The van der Waals surface area contributed by atoms with Crippen LogP contribution < -0.4 is 16.2 Å². The van der Waals surface area contributed by atoms with Gasteiger partial charge in [0.05, 0.1) is 16.7 Å². The first-order chi connectivity index (χ1) is 13.7. The molecule has 1 aromatic heterocycles. The molecule has 2 N–H and O–H groups in total. The average molecular weight is 439 g/mol. The Kier molecular flexibility index (Phi) is 8.52. The topological polar surface area (TPSA) is 93.1 Å². The Hall–Kier alpha value is -2.06. The lowest BCUT2D eigenvalue weighted by Crippen LogP contribution is -2.41. The fraction of sp³-hybridized carbons (Fsp3) is 0.500. The van der Waals surface area contributed by atoms with Gasteiger partial charge >= 0.3 is 6.03 Å². The molecule has 29 heavy (non-hydrogen) atoms. The fourth-order valence-electron chi connectivity index (χ4n) is 2.50. The second kappa shape index (κ2) is 10.6. The highest BCUT2D eigenvalue weighted by Crippen LogP contribution is 2.21. The number of urea groups is 1. The number of carbonyl (C=O) groups excluding carboxylic acids is 2. The molecule has 158 valence electrons. The largest absolute Gasteiger partial charge is 0.338 e. The van der Waals surface area contributed by atoms with E-state index >= 15 is 0 Å². The molecular weight excluding hydrogens is 412 g/mol. The first-order valence-corrected chi connectivity index (χ1v) is 10.9. The van der Waals surface area contributed by atoms with E-state index in [1.54, 1.807) is 22.8 Å². The van der Waals surface area contributed by atoms with Crippen LogP contribution in [0.5, 0.6) is 0 Å². The summed E-state index contributed by atoms with van der Waals surface area (Å²) in [5.41, 5.74) is 0.325. The van der Waals surface area contributed by atoms with E-state index in [0.29, 0.717) is 40.1 Å². The number of nitrogens with zero attached hydrogens (tertiary/aromatic N) is 2. The van der Waals surface area contributed by atoms with E-state index in [9.17, 15) is 14.4 Å². The van der Waals surface area contributed by atoms with Gasteiger partial charge in [-0.25, -0.2) is 9.78 Å². The second-order valence-corrected chi connectivity index (χ2v) is 9.01. The summed E-state index contributed by atoms with van der Waals surface area (Å²) in [6.07, 6.45) is 0.804. The SMILES string of the molecule is CC(C)CCn1c(SCC(=O)NC(=O)NCC(C)C)nc2cc(Cl)ccc2c1=O. The van der Waals surface area contributed by atoms with Crippen molar-refractivity contribution in [2.45, 2.75) is 45.8 Å². The Morgan fingerprint density at radius 3 is 2.59 bits per heavy atom. The van der Waals surface area contributed by atoms with Gasteiger partial charge in [-0.2, -0.15) is 0 Å². The predicted octanol–water partition coefficient (Wildman–Crippen LogP) is 3.67. The van der Waals surface area contributed by atoms with Gasteiger partial charge in [0.15, 0.2) is 5.16 Å². The zero-order valence-corrected chi connectivity index (χ0v) is 18.7. The minimum absolute atomic E-state index is 0.0325. The Morgan fingerprint density at radius 1 is 1.21 bits per heavy atom. The number of imide groups is 1. The predicted molar refractivity (Wildman–Crippen MR) is 118 cm³/mol. The maximum absolute atomic E-state index is 12.9. The summed E-state index contributed by atoms with van der Waals surface area (Å²) in [5.74, 6) is 0.213. The molecule has 0 aliphatic carbocycles. The molecule has 2 rings (SSSR count). The molecule has 1 heterocycles. The van der Waals surface area contributed by atoms with Crippen molar-refractivity contribution in [2.24, 2.45) is 11.8 Å². The molecule has 3 amide bonds. The van der Waals surface area contributed by atoms with Crippen molar-refractivity contribution in [1.29, 1.82) is 0 Å². The second-order valence-electron chi connectivity index (χ2n) is 7.64. The van der Waals surface area contributed by atoms with Crippen LogP contribution in [0, 0.1) is 11.8 Å². The van der Waals surface area contributed by atoms with E-state index in [0.717, 1.165) is 18.2 Å². The number of thioether (sulfide) groups is 1. The lowest BCUT2D eigenvalue weighted by atomic mass is 10.1. The van der Waals surface area contributed by atoms with Crippen molar-refractivity contribution >= 4 is 46.2 Å². The van der Waals surface area contributed by atoms with Gasteiger partial charge in [0.1, 0.15) is 0 Å². The minimum atomic E-state index is -0.528. The number of hydrogen-bond donors (Lipinski definition) is 2. The van der Waals surface area contributed by atoms with Gasteiger partial charge in [-0.15, -0.1) is 0 Å². The smallest absolute Gasteiger partial charge is 0.321 e. The number of hydrogen-bond acceptors (Lipinski definition) is 5. The van der Waals surface area contributed by atoms with Gasteiger partial charge in [0.25, 0.3) is 5.56 Å². The van der Waals surface area contributed by atoms with Crippen molar-refractivity contribution in [1.82, 2.24) is 20.2 Å². The van der Waals surface area contributed by atoms with E-state index < -0.39 is 11.9 Å². The molecule has 2 aromatic rings. The molecule has 0 aliphatic rings. The highest BCUT2D eigenvalue weighted by molar-refractivity contribution is 7.99. The number of amides is 3. The highest BCUT2D eigenvalue weighted by atomic mass is 35.5. The van der Waals surface area contributed by atoms with Crippen LogP contribution in [-0.2, 0) is 11.3 Å². The molecule has 7 nitrogen and oxygen atoms in total. The van der Waals surface area contributed by atoms with Gasteiger partial charge in [-0.05, 0) is 36.5 Å². The summed E-state index contributed by atoms with van der Waals surface area (Å²) in [6, 6.07) is 4.43. The lowest BCUT2D eigenvalue weighted by molar-refractivity contribution is -0.117. The van der Waals surface area contributed by atoms with Crippen molar-refractivity contribution in [2.75, 3.05) is 12.3 Å². The number of fused-ring (bicyclic) bond motifs is 1. The Morgan fingerprint density at radius 2 is 1.93 bits per heavy atom.